The van der Waals surface area contributed by atoms with Crippen molar-refractivity contribution in [1.82, 2.24) is 0 Å². The van der Waals surface area contributed by atoms with Gasteiger partial charge in [-0.15, -0.1) is 0 Å². The molecule has 0 heterocycles. The van der Waals surface area contributed by atoms with Gasteiger partial charge in [0.05, 0.1) is 0 Å². The molecule has 0 saturated carbocycles. The lowest BCUT2D eigenvalue weighted by Crippen LogP contribution is -2.33. The lowest BCUT2D eigenvalue weighted by molar-refractivity contribution is -0.157. The first-order valence-electron chi connectivity index (χ1n) is 4.66. The predicted molar refractivity (Wildman–Crippen MR) is 59.2 cm³/mol. The lowest BCUT2D eigenvalue weighted by Gasteiger charge is -2.08. The number of nitrogens with two attached hydrogens (primary N) is 3. The zero-order valence-electron chi connectivity index (χ0n) is 8.89. The highest BCUT2D eigenvalue weighted by Crippen LogP contribution is 1.98. The van der Waals surface area contributed by atoms with Gasteiger partial charge in [0.2, 0.25) is 0 Å². The molecule has 0 aromatic rings. The van der Waals surface area contributed by atoms with Gasteiger partial charge in [-0.2, -0.15) is 0 Å². The van der Waals surface area contributed by atoms with Crippen LogP contribution in [0.4, 0.5) is 0 Å². The molecule has 16 heavy (non-hydrogen) atoms. The summed E-state index contributed by atoms with van der Waals surface area (Å²) < 4.78 is 4.33. The van der Waals surface area contributed by atoms with Crippen LogP contribution in [0.15, 0.2) is 17.6 Å². The van der Waals surface area contributed by atoms with Crippen molar-refractivity contribution in [3.8, 4) is 0 Å². The highest BCUT2D eigenvalue weighted by Gasteiger charge is 2.16. The minimum atomic E-state index is -0.863. The van der Waals surface area contributed by atoms with Crippen molar-refractivity contribution in [3.05, 3.63) is 12.7 Å². The third-order valence-corrected chi connectivity index (χ3v) is 1.64. The summed E-state index contributed by atoms with van der Waals surface area (Å²) in [7, 11) is 0. The monoisotopic (exact) mass is 228 g/mol. The van der Waals surface area contributed by atoms with Crippen LogP contribution >= 0.6 is 0 Å². The fourth-order valence-corrected chi connectivity index (χ4v) is 0.854. The number of carbonyl (C=O) groups is 2. The molecule has 6 N–H and O–H groups in total. The summed E-state index contributed by atoms with van der Waals surface area (Å²) in [5.74, 6) is -1.61. The van der Waals surface area contributed by atoms with Gasteiger partial charge >= 0.3 is 11.9 Å². The minimum absolute atomic E-state index is 0.0158. The van der Waals surface area contributed by atoms with Crippen LogP contribution in [0.1, 0.15) is 12.8 Å². The van der Waals surface area contributed by atoms with Crippen molar-refractivity contribution in [2.45, 2.75) is 18.9 Å². The second kappa shape index (κ2) is 7.41. The number of esters is 2. The maximum absolute atomic E-state index is 11.1. The molecule has 0 aliphatic heterocycles. The Morgan fingerprint density at radius 2 is 2.06 bits per heavy atom. The molecule has 0 unspecified atom stereocenters. The van der Waals surface area contributed by atoms with Crippen LogP contribution in [-0.4, -0.2) is 30.5 Å². The molecule has 90 valence electrons. The summed E-state index contributed by atoms with van der Waals surface area (Å²) in [6, 6.07) is -0.863. The van der Waals surface area contributed by atoms with Crippen LogP contribution in [0.25, 0.3) is 0 Å². The topological polar surface area (TPSA) is 134 Å². The van der Waals surface area contributed by atoms with E-state index >= 15 is 0 Å². The van der Waals surface area contributed by atoms with Crippen LogP contribution < -0.4 is 17.2 Å². The van der Waals surface area contributed by atoms with Gasteiger partial charge in [-0.05, 0) is 12.8 Å². The van der Waals surface area contributed by atoms with Crippen molar-refractivity contribution in [1.29, 1.82) is 0 Å². The van der Waals surface area contributed by atoms with E-state index in [1.807, 2.05) is 0 Å². The summed E-state index contributed by atoms with van der Waals surface area (Å²) in [6.45, 7) is 3.53. The molecule has 0 aliphatic carbocycles. The van der Waals surface area contributed by atoms with Crippen LogP contribution in [-0.2, 0) is 14.3 Å². The summed E-state index contributed by atoms with van der Waals surface area (Å²) in [4.78, 5) is 25.5. The standard InChI is InChI=1S/C9H16N4O3/c1-2-7(14)16-8(15)6(10)4-3-5-13-9(11)12/h2,6H,1,3-5,10H2,(H4,11,12,13)/t6-/m0/s1. The summed E-state index contributed by atoms with van der Waals surface area (Å²) in [5, 5.41) is 0. The molecule has 7 heteroatoms. The van der Waals surface area contributed by atoms with Crippen LogP contribution in [0, 0.1) is 0 Å². The van der Waals surface area contributed by atoms with Gasteiger partial charge in [-0.1, -0.05) is 6.58 Å². The molecular weight excluding hydrogens is 212 g/mol. The number of rotatable bonds is 6. The highest BCUT2D eigenvalue weighted by molar-refractivity contribution is 5.93. The third-order valence-electron chi connectivity index (χ3n) is 1.64. The van der Waals surface area contributed by atoms with Crippen molar-refractivity contribution >= 4 is 17.9 Å². The van der Waals surface area contributed by atoms with E-state index in [2.05, 4.69) is 16.3 Å². The van der Waals surface area contributed by atoms with E-state index in [1.165, 1.54) is 0 Å². The molecule has 0 fully saturated rings. The van der Waals surface area contributed by atoms with Crippen LogP contribution in [0.5, 0.6) is 0 Å². The second-order valence-electron chi connectivity index (χ2n) is 3.00. The normalized spacial score (nSPS) is 11.3. The van der Waals surface area contributed by atoms with E-state index in [9.17, 15) is 9.59 Å². The molecular formula is C9H16N4O3. The number of nitrogens with zero attached hydrogens (tertiary/aromatic N) is 1. The van der Waals surface area contributed by atoms with Crippen LogP contribution in [0.2, 0.25) is 0 Å². The van der Waals surface area contributed by atoms with Crippen molar-refractivity contribution in [2.75, 3.05) is 6.54 Å². The Bertz CT molecular complexity index is 297. The number of ether oxygens (including phenoxy) is 1. The fourth-order valence-electron chi connectivity index (χ4n) is 0.854. The Balaban J connectivity index is 3.84. The van der Waals surface area contributed by atoms with Gasteiger partial charge in [-0.25, -0.2) is 9.59 Å². The molecule has 0 aliphatic rings. The molecule has 0 radical (unpaired) electrons. The number of hydrogen-bond donors (Lipinski definition) is 3. The number of hydrogen-bond acceptors (Lipinski definition) is 5. The first-order chi connectivity index (χ1) is 7.47. The van der Waals surface area contributed by atoms with Gasteiger partial charge in [0.1, 0.15) is 6.04 Å². The zero-order chi connectivity index (χ0) is 12.6. The van der Waals surface area contributed by atoms with Crippen molar-refractivity contribution in [3.63, 3.8) is 0 Å². The van der Waals surface area contributed by atoms with Crippen molar-refractivity contribution in [2.24, 2.45) is 22.2 Å². The molecule has 1 atom stereocenters. The first-order valence-corrected chi connectivity index (χ1v) is 4.66. The number of carbonyl (C=O) groups excluding carboxylic acids is 2. The molecule has 0 saturated heterocycles. The lowest BCUT2D eigenvalue weighted by atomic mass is 10.2. The average molecular weight is 228 g/mol. The van der Waals surface area contributed by atoms with E-state index in [0.717, 1.165) is 6.08 Å². The Labute approximate surface area is 93.3 Å². The third kappa shape index (κ3) is 6.55. The average Bonchev–Trinajstić information content (AvgIpc) is 2.23. The highest BCUT2D eigenvalue weighted by atomic mass is 16.6. The minimum Gasteiger partial charge on any atom is -0.389 e. The first kappa shape index (κ1) is 14.1. The van der Waals surface area contributed by atoms with E-state index < -0.39 is 18.0 Å². The quantitative estimate of drug-likeness (QED) is 0.128. The SMILES string of the molecule is C=CC(=O)OC(=O)[C@@H](N)CCCN=C(N)N. The van der Waals surface area contributed by atoms with E-state index in [4.69, 9.17) is 17.2 Å². The maximum atomic E-state index is 11.1. The van der Waals surface area contributed by atoms with Crippen LogP contribution in [0.3, 0.4) is 0 Å². The number of guanidine groups is 1. The summed E-state index contributed by atoms with van der Waals surface area (Å²) >= 11 is 0. The second-order valence-corrected chi connectivity index (χ2v) is 3.00. The Hall–Kier alpha value is -1.89. The molecule has 0 bridgehead atoms. The summed E-state index contributed by atoms with van der Waals surface area (Å²) in [5.41, 5.74) is 15.7. The maximum Gasteiger partial charge on any atom is 0.337 e. The van der Waals surface area contributed by atoms with Gasteiger partial charge in [0, 0.05) is 12.6 Å². The molecule has 0 aromatic heterocycles. The van der Waals surface area contributed by atoms with Gasteiger partial charge < -0.3 is 21.9 Å². The van der Waals surface area contributed by atoms with Gasteiger partial charge in [0.25, 0.3) is 0 Å². The predicted octanol–water partition coefficient (Wildman–Crippen LogP) is -1.38. The Morgan fingerprint density at radius 1 is 1.44 bits per heavy atom. The Morgan fingerprint density at radius 3 is 2.56 bits per heavy atom. The molecule has 0 rings (SSSR count). The van der Waals surface area contributed by atoms with Gasteiger partial charge in [-0.3, -0.25) is 4.99 Å². The summed E-state index contributed by atoms with van der Waals surface area (Å²) in [6.07, 6.45) is 1.75. The van der Waals surface area contributed by atoms with E-state index in [-0.39, 0.29) is 5.96 Å². The zero-order valence-corrected chi connectivity index (χ0v) is 8.89. The molecule has 0 amide bonds. The molecule has 0 aromatic carbocycles. The van der Waals surface area contributed by atoms with Crippen molar-refractivity contribution < 1.29 is 14.3 Å². The largest absolute Gasteiger partial charge is 0.389 e. The van der Waals surface area contributed by atoms with E-state index in [1.54, 1.807) is 0 Å². The number of aliphatic imine (C=N–C) groups is 1. The molecule has 0 spiro atoms. The van der Waals surface area contributed by atoms with Gasteiger partial charge in [0.15, 0.2) is 5.96 Å². The smallest absolute Gasteiger partial charge is 0.337 e. The van der Waals surface area contributed by atoms with E-state index in [0.29, 0.717) is 19.4 Å². The Kier molecular flexibility index (Phi) is 6.53. The molecule has 7 nitrogen and oxygen atoms in total. The fraction of sp³-hybridized carbons (Fsp3) is 0.444.